The van der Waals surface area contributed by atoms with Gasteiger partial charge in [0, 0.05) is 11.3 Å². The van der Waals surface area contributed by atoms with Gasteiger partial charge in [-0.2, -0.15) is 0 Å². The van der Waals surface area contributed by atoms with Crippen LogP contribution in [0, 0.1) is 11.8 Å². The van der Waals surface area contributed by atoms with Crippen LogP contribution in [0.25, 0.3) is 0 Å². The Bertz CT molecular complexity index is 554. The molecule has 5 heteroatoms. The van der Waals surface area contributed by atoms with Crippen LogP contribution < -0.4 is 11.1 Å². The maximum Gasteiger partial charge on any atom is 0.255 e. The van der Waals surface area contributed by atoms with Gasteiger partial charge in [0.25, 0.3) is 5.91 Å². The largest absolute Gasteiger partial charge is 0.376 e. The first-order chi connectivity index (χ1) is 10.2. The molecule has 1 unspecified atom stereocenters. The zero-order chi connectivity index (χ0) is 15.1. The van der Waals surface area contributed by atoms with Crippen molar-refractivity contribution < 1.29 is 14.3 Å². The summed E-state index contributed by atoms with van der Waals surface area (Å²) < 4.78 is 10.6. The molecular weight excluding hydrogens is 268 g/mol. The van der Waals surface area contributed by atoms with Gasteiger partial charge in [-0.15, -0.1) is 0 Å². The molecule has 1 aromatic rings. The number of hydrogen-bond donors (Lipinski definition) is 2. The van der Waals surface area contributed by atoms with Crippen LogP contribution in [0.15, 0.2) is 18.2 Å². The standard InChI is InChI=1S/C16H20N2O3/c1-2-13-10-12(4-3-7-17)5-6-14(13)18-16(19)15-11-20-8-9-21-15/h5-6,10,15H,2,7-9,11,17H2,1H3,(H,18,19). The van der Waals surface area contributed by atoms with Crippen LogP contribution in [0.2, 0.25) is 0 Å². The quantitative estimate of drug-likeness (QED) is 0.811. The molecule has 1 aromatic carbocycles. The Labute approximate surface area is 124 Å². The number of anilines is 1. The van der Waals surface area contributed by atoms with E-state index >= 15 is 0 Å². The molecule has 5 nitrogen and oxygen atoms in total. The number of amides is 1. The summed E-state index contributed by atoms with van der Waals surface area (Å²) in [5.74, 6) is 5.64. The third kappa shape index (κ3) is 4.30. The molecule has 112 valence electrons. The Hall–Kier alpha value is -1.87. The second-order valence-electron chi connectivity index (χ2n) is 4.65. The van der Waals surface area contributed by atoms with Gasteiger partial charge in [0.2, 0.25) is 0 Å². The Balaban J connectivity index is 2.09. The lowest BCUT2D eigenvalue weighted by molar-refractivity contribution is -0.142. The number of ether oxygens (including phenoxy) is 2. The fourth-order valence-corrected chi connectivity index (χ4v) is 2.09. The van der Waals surface area contributed by atoms with Gasteiger partial charge in [-0.3, -0.25) is 4.79 Å². The van der Waals surface area contributed by atoms with E-state index in [9.17, 15) is 4.79 Å². The van der Waals surface area contributed by atoms with Crippen molar-refractivity contribution >= 4 is 11.6 Å². The molecule has 1 amide bonds. The summed E-state index contributed by atoms with van der Waals surface area (Å²) in [5, 5.41) is 2.90. The van der Waals surface area contributed by atoms with Gasteiger partial charge >= 0.3 is 0 Å². The number of carbonyl (C=O) groups is 1. The van der Waals surface area contributed by atoms with Gasteiger partial charge in [0.05, 0.1) is 26.4 Å². The van der Waals surface area contributed by atoms with Crippen molar-refractivity contribution in [2.45, 2.75) is 19.4 Å². The number of nitrogens with two attached hydrogens (primary N) is 1. The molecular formula is C16H20N2O3. The van der Waals surface area contributed by atoms with Crippen molar-refractivity contribution in [3.8, 4) is 11.8 Å². The number of benzene rings is 1. The van der Waals surface area contributed by atoms with E-state index in [2.05, 4.69) is 17.2 Å². The summed E-state index contributed by atoms with van der Waals surface area (Å²) in [6.07, 6.45) is 0.260. The summed E-state index contributed by atoms with van der Waals surface area (Å²) in [6.45, 7) is 3.66. The van der Waals surface area contributed by atoms with E-state index in [0.29, 0.717) is 26.4 Å². The van der Waals surface area contributed by atoms with Crippen molar-refractivity contribution in [2.24, 2.45) is 5.73 Å². The van der Waals surface area contributed by atoms with Gasteiger partial charge in [-0.1, -0.05) is 18.8 Å². The Kier molecular flexibility index (Phi) is 5.76. The normalized spacial score (nSPS) is 17.7. The molecule has 21 heavy (non-hydrogen) atoms. The zero-order valence-electron chi connectivity index (χ0n) is 12.1. The maximum absolute atomic E-state index is 12.1. The highest BCUT2D eigenvalue weighted by atomic mass is 16.6. The highest BCUT2D eigenvalue weighted by molar-refractivity contribution is 5.95. The zero-order valence-corrected chi connectivity index (χ0v) is 12.1. The summed E-state index contributed by atoms with van der Waals surface area (Å²) >= 11 is 0. The van der Waals surface area contributed by atoms with Crippen molar-refractivity contribution in [2.75, 3.05) is 31.7 Å². The molecule has 0 aromatic heterocycles. The van der Waals surface area contributed by atoms with E-state index in [4.69, 9.17) is 15.2 Å². The first-order valence-corrected chi connectivity index (χ1v) is 7.06. The molecule has 1 saturated heterocycles. The molecule has 0 aliphatic carbocycles. The topological polar surface area (TPSA) is 73.6 Å². The monoisotopic (exact) mass is 288 g/mol. The van der Waals surface area contributed by atoms with Crippen LogP contribution in [-0.2, 0) is 20.7 Å². The van der Waals surface area contributed by atoms with Gasteiger partial charge in [0.15, 0.2) is 6.10 Å². The Morgan fingerprint density at radius 2 is 2.33 bits per heavy atom. The second kappa shape index (κ2) is 7.79. The van der Waals surface area contributed by atoms with Crippen molar-refractivity contribution in [3.63, 3.8) is 0 Å². The number of aryl methyl sites for hydroxylation is 1. The van der Waals surface area contributed by atoms with Gasteiger partial charge in [-0.25, -0.2) is 0 Å². The van der Waals surface area contributed by atoms with Crippen molar-refractivity contribution in [1.82, 2.24) is 0 Å². The summed E-state index contributed by atoms with van der Waals surface area (Å²) in [6, 6.07) is 5.70. The second-order valence-corrected chi connectivity index (χ2v) is 4.65. The highest BCUT2D eigenvalue weighted by Crippen LogP contribution is 2.19. The van der Waals surface area contributed by atoms with Crippen molar-refractivity contribution in [1.29, 1.82) is 0 Å². The van der Waals surface area contributed by atoms with Crippen LogP contribution in [0.5, 0.6) is 0 Å². The first kappa shape index (κ1) is 15.5. The van der Waals surface area contributed by atoms with E-state index in [-0.39, 0.29) is 5.91 Å². The highest BCUT2D eigenvalue weighted by Gasteiger charge is 2.23. The van der Waals surface area contributed by atoms with Gasteiger partial charge < -0.3 is 20.5 Å². The molecule has 2 rings (SSSR count). The van der Waals surface area contributed by atoms with E-state index < -0.39 is 6.10 Å². The third-order valence-corrected chi connectivity index (χ3v) is 3.19. The minimum absolute atomic E-state index is 0.176. The number of rotatable bonds is 3. The fraction of sp³-hybridized carbons (Fsp3) is 0.438. The minimum atomic E-state index is -0.542. The number of nitrogens with one attached hydrogen (secondary N) is 1. The Morgan fingerprint density at radius 1 is 1.48 bits per heavy atom. The predicted octanol–water partition coefficient (Wildman–Crippen LogP) is 0.913. The lowest BCUT2D eigenvalue weighted by Crippen LogP contribution is -2.39. The van der Waals surface area contributed by atoms with Crippen LogP contribution in [-0.4, -0.2) is 38.4 Å². The first-order valence-electron chi connectivity index (χ1n) is 7.06. The van der Waals surface area contributed by atoms with E-state index in [1.165, 1.54) is 0 Å². The minimum Gasteiger partial charge on any atom is -0.376 e. The molecule has 1 aliphatic rings. The summed E-state index contributed by atoms with van der Waals surface area (Å²) in [5.41, 5.74) is 8.08. The molecule has 3 N–H and O–H groups in total. The van der Waals surface area contributed by atoms with Crippen molar-refractivity contribution in [3.05, 3.63) is 29.3 Å². The predicted molar refractivity (Wildman–Crippen MR) is 80.9 cm³/mol. The van der Waals surface area contributed by atoms with Crippen LogP contribution in [0.1, 0.15) is 18.1 Å². The molecule has 1 fully saturated rings. The third-order valence-electron chi connectivity index (χ3n) is 3.19. The maximum atomic E-state index is 12.1. The van der Waals surface area contributed by atoms with Gasteiger partial charge in [0.1, 0.15) is 0 Å². The SMILES string of the molecule is CCc1cc(C#CCN)ccc1NC(=O)C1COCCO1. The van der Waals surface area contributed by atoms with Crippen LogP contribution >= 0.6 is 0 Å². The van der Waals surface area contributed by atoms with Crippen LogP contribution in [0.4, 0.5) is 5.69 Å². The fourth-order valence-electron chi connectivity index (χ4n) is 2.09. The summed E-state index contributed by atoms with van der Waals surface area (Å²) in [4.78, 5) is 12.1. The molecule has 0 saturated carbocycles. The average Bonchev–Trinajstić information content (AvgIpc) is 2.54. The van der Waals surface area contributed by atoms with E-state index in [1.807, 2.05) is 25.1 Å². The number of carbonyl (C=O) groups excluding carboxylic acids is 1. The number of hydrogen-bond acceptors (Lipinski definition) is 4. The van der Waals surface area contributed by atoms with Gasteiger partial charge in [-0.05, 0) is 30.2 Å². The lowest BCUT2D eigenvalue weighted by Gasteiger charge is -2.22. The molecule has 1 atom stereocenters. The molecule has 1 aliphatic heterocycles. The molecule has 0 radical (unpaired) electrons. The summed E-state index contributed by atoms with van der Waals surface area (Å²) in [7, 11) is 0. The van der Waals surface area contributed by atoms with Crippen LogP contribution in [0.3, 0.4) is 0 Å². The Morgan fingerprint density at radius 3 is 3.00 bits per heavy atom. The molecule has 0 bridgehead atoms. The average molecular weight is 288 g/mol. The molecule has 0 spiro atoms. The smallest absolute Gasteiger partial charge is 0.255 e. The van der Waals surface area contributed by atoms with E-state index in [0.717, 1.165) is 23.2 Å². The molecule has 1 heterocycles. The van der Waals surface area contributed by atoms with E-state index in [1.54, 1.807) is 0 Å². The lowest BCUT2D eigenvalue weighted by atomic mass is 10.1.